The number of amides is 2. The highest BCUT2D eigenvalue weighted by atomic mass is 16.6. The van der Waals surface area contributed by atoms with E-state index in [1.807, 2.05) is 0 Å². The van der Waals surface area contributed by atoms with Crippen LogP contribution in [0.2, 0.25) is 0 Å². The first-order valence-corrected chi connectivity index (χ1v) is 4.01. The minimum Gasteiger partial charge on any atom is -0.458 e. The molecule has 0 aliphatic carbocycles. The molecule has 0 fully saturated rings. The molecule has 0 aromatic carbocycles. The molecule has 0 aliphatic heterocycles. The number of ether oxygens (including phenoxy) is 1. The second-order valence-electron chi connectivity index (χ2n) is 3.76. The summed E-state index contributed by atoms with van der Waals surface area (Å²) < 4.78 is 4.99. The summed E-state index contributed by atoms with van der Waals surface area (Å²) in [5.74, 6) is -0.494. The normalized spacial score (nSPS) is 13.2. The number of carbonyl (C=O) groups excluding carboxylic acids is 2. The monoisotopic (exact) mass is 188 g/mol. The maximum absolute atomic E-state index is 11.2. The van der Waals surface area contributed by atoms with Crippen LogP contribution in [-0.4, -0.2) is 23.6 Å². The molecule has 5 nitrogen and oxygen atoms in total. The number of hydrogen-bond donors (Lipinski definition) is 2. The SMILES string of the molecule is CC(NC(N)=O)C(=O)OC(C)(C)C. The Morgan fingerprint density at radius 3 is 2.15 bits per heavy atom. The summed E-state index contributed by atoms with van der Waals surface area (Å²) >= 11 is 0. The van der Waals surface area contributed by atoms with Crippen molar-refractivity contribution in [3.8, 4) is 0 Å². The molecule has 76 valence electrons. The number of hydrogen-bond acceptors (Lipinski definition) is 3. The maximum atomic E-state index is 11.2. The van der Waals surface area contributed by atoms with Crippen LogP contribution in [-0.2, 0) is 9.53 Å². The third kappa shape index (κ3) is 5.95. The number of primary amides is 1. The van der Waals surface area contributed by atoms with E-state index in [0.717, 1.165) is 0 Å². The lowest BCUT2D eigenvalue weighted by Crippen LogP contribution is -2.44. The fourth-order valence-corrected chi connectivity index (χ4v) is 0.662. The van der Waals surface area contributed by atoms with E-state index in [1.165, 1.54) is 6.92 Å². The average molecular weight is 188 g/mol. The molecule has 13 heavy (non-hydrogen) atoms. The Hall–Kier alpha value is -1.26. The van der Waals surface area contributed by atoms with E-state index in [-0.39, 0.29) is 0 Å². The highest BCUT2D eigenvalue weighted by Crippen LogP contribution is 2.07. The first-order valence-electron chi connectivity index (χ1n) is 4.01. The van der Waals surface area contributed by atoms with Gasteiger partial charge in [-0.25, -0.2) is 9.59 Å². The molecule has 0 radical (unpaired) electrons. The van der Waals surface area contributed by atoms with Gasteiger partial charge in [0.15, 0.2) is 0 Å². The Bertz CT molecular complexity index is 208. The summed E-state index contributed by atoms with van der Waals surface area (Å²) in [6.45, 7) is 6.77. The highest BCUT2D eigenvalue weighted by Gasteiger charge is 2.21. The molecule has 0 spiro atoms. The third-order valence-electron chi connectivity index (χ3n) is 1.12. The second kappa shape index (κ2) is 4.11. The van der Waals surface area contributed by atoms with E-state index >= 15 is 0 Å². The van der Waals surface area contributed by atoms with Crippen molar-refractivity contribution in [1.29, 1.82) is 0 Å². The van der Waals surface area contributed by atoms with Gasteiger partial charge in [-0.15, -0.1) is 0 Å². The summed E-state index contributed by atoms with van der Waals surface area (Å²) in [4.78, 5) is 21.6. The van der Waals surface area contributed by atoms with Crippen molar-refractivity contribution in [3.05, 3.63) is 0 Å². The van der Waals surface area contributed by atoms with Gasteiger partial charge in [0.1, 0.15) is 11.6 Å². The lowest BCUT2D eigenvalue weighted by atomic mass is 10.2. The number of esters is 1. The van der Waals surface area contributed by atoms with E-state index in [1.54, 1.807) is 20.8 Å². The maximum Gasteiger partial charge on any atom is 0.328 e. The lowest BCUT2D eigenvalue weighted by molar-refractivity contribution is -0.156. The number of nitrogens with two attached hydrogens (primary N) is 1. The van der Waals surface area contributed by atoms with Crippen LogP contribution in [0.25, 0.3) is 0 Å². The fraction of sp³-hybridized carbons (Fsp3) is 0.750. The minimum atomic E-state index is -0.738. The zero-order chi connectivity index (χ0) is 10.6. The molecule has 1 atom stereocenters. The van der Waals surface area contributed by atoms with Gasteiger partial charge < -0.3 is 15.8 Å². The molecule has 2 amide bonds. The Morgan fingerprint density at radius 1 is 1.38 bits per heavy atom. The van der Waals surface area contributed by atoms with Crippen LogP contribution in [0.15, 0.2) is 0 Å². The smallest absolute Gasteiger partial charge is 0.328 e. The largest absolute Gasteiger partial charge is 0.458 e. The summed E-state index contributed by atoms with van der Waals surface area (Å²) in [6.07, 6.45) is 0. The quantitative estimate of drug-likeness (QED) is 0.615. The topological polar surface area (TPSA) is 81.4 Å². The zero-order valence-electron chi connectivity index (χ0n) is 8.38. The molecule has 0 aromatic heterocycles. The van der Waals surface area contributed by atoms with E-state index in [0.29, 0.717) is 0 Å². The van der Waals surface area contributed by atoms with Crippen LogP contribution >= 0.6 is 0 Å². The lowest BCUT2D eigenvalue weighted by Gasteiger charge is -2.22. The van der Waals surface area contributed by atoms with Gasteiger partial charge in [0.05, 0.1) is 0 Å². The number of nitrogens with one attached hydrogen (secondary N) is 1. The van der Waals surface area contributed by atoms with Crippen LogP contribution in [0.4, 0.5) is 4.79 Å². The summed E-state index contributed by atoms with van der Waals surface area (Å²) in [5.41, 5.74) is 4.29. The van der Waals surface area contributed by atoms with Gasteiger partial charge in [0, 0.05) is 0 Å². The Kier molecular flexibility index (Phi) is 3.71. The Labute approximate surface area is 77.6 Å². The summed E-state index contributed by atoms with van der Waals surface area (Å²) in [7, 11) is 0. The highest BCUT2D eigenvalue weighted by molar-refractivity contribution is 5.82. The average Bonchev–Trinajstić information content (AvgIpc) is 1.81. The minimum absolute atomic E-state index is 0.494. The first-order chi connectivity index (χ1) is 5.72. The van der Waals surface area contributed by atoms with Crippen molar-refractivity contribution in [2.45, 2.75) is 39.3 Å². The van der Waals surface area contributed by atoms with Crippen LogP contribution < -0.4 is 11.1 Å². The Balaban J connectivity index is 4.05. The predicted molar refractivity (Wildman–Crippen MR) is 48.0 cm³/mol. The first kappa shape index (κ1) is 11.7. The molecule has 0 saturated heterocycles. The third-order valence-corrected chi connectivity index (χ3v) is 1.12. The van der Waals surface area contributed by atoms with Crippen LogP contribution in [0.3, 0.4) is 0 Å². The van der Waals surface area contributed by atoms with Crippen molar-refractivity contribution >= 4 is 12.0 Å². The molecule has 0 rings (SSSR count). The van der Waals surface area contributed by atoms with Crippen molar-refractivity contribution in [1.82, 2.24) is 5.32 Å². The molecule has 0 heterocycles. The van der Waals surface area contributed by atoms with Crippen LogP contribution in [0.1, 0.15) is 27.7 Å². The van der Waals surface area contributed by atoms with Gasteiger partial charge in [-0.05, 0) is 27.7 Å². The van der Waals surface area contributed by atoms with Gasteiger partial charge >= 0.3 is 12.0 Å². The van der Waals surface area contributed by atoms with E-state index in [2.05, 4.69) is 5.32 Å². The predicted octanol–water partition coefficient (Wildman–Crippen LogP) is 0.385. The molecule has 0 bridgehead atoms. The van der Waals surface area contributed by atoms with Gasteiger partial charge in [-0.3, -0.25) is 0 Å². The van der Waals surface area contributed by atoms with Gasteiger partial charge in [-0.2, -0.15) is 0 Å². The van der Waals surface area contributed by atoms with Crippen molar-refractivity contribution in [3.63, 3.8) is 0 Å². The number of rotatable bonds is 2. The van der Waals surface area contributed by atoms with E-state index in [9.17, 15) is 9.59 Å². The fourth-order valence-electron chi connectivity index (χ4n) is 0.662. The molecular formula is C8H16N2O3. The Morgan fingerprint density at radius 2 is 1.85 bits per heavy atom. The molecule has 1 unspecified atom stereocenters. The summed E-state index contributed by atoms with van der Waals surface area (Å²) in [5, 5.41) is 2.23. The van der Waals surface area contributed by atoms with E-state index < -0.39 is 23.6 Å². The molecule has 3 N–H and O–H groups in total. The standard InChI is InChI=1S/C8H16N2O3/c1-5(10-7(9)12)6(11)13-8(2,3)4/h5H,1-4H3,(H3,9,10,12). The van der Waals surface area contributed by atoms with Gasteiger partial charge in [-0.1, -0.05) is 0 Å². The molecule has 0 aliphatic rings. The number of carbonyl (C=O) groups is 2. The van der Waals surface area contributed by atoms with Crippen LogP contribution in [0.5, 0.6) is 0 Å². The van der Waals surface area contributed by atoms with Crippen LogP contribution in [0, 0.1) is 0 Å². The van der Waals surface area contributed by atoms with Crippen molar-refractivity contribution < 1.29 is 14.3 Å². The summed E-state index contributed by atoms with van der Waals surface area (Å²) in [6, 6.07) is -1.45. The van der Waals surface area contributed by atoms with Crippen molar-refractivity contribution in [2.24, 2.45) is 5.73 Å². The second-order valence-corrected chi connectivity index (χ2v) is 3.76. The zero-order valence-corrected chi connectivity index (χ0v) is 8.38. The molecule has 5 heteroatoms. The van der Waals surface area contributed by atoms with Crippen molar-refractivity contribution in [2.75, 3.05) is 0 Å². The van der Waals surface area contributed by atoms with E-state index in [4.69, 9.17) is 10.5 Å². The number of urea groups is 1. The molecule has 0 aromatic rings. The van der Waals surface area contributed by atoms with Gasteiger partial charge in [0.25, 0.3) is 0 Å². The molecular weight excluding hydrogens is 172 g/mol. The molecule has 0 saturated carbocycles. The van der Waals surface area contributed by atoms with Gasteiger partial charge in [0.2, 0.25) is 0 Å².